The zero-order valence-electron chi connectivity index (χ0n) is 49.9. The predicted molar refractivity (Wildman–Crippen MR) is 321 cm³/mol. The van der Waals surface area contributed by atoms with Gasteiger partial charge < -0.3 is 14.2 Å². The van der Waals surface area contributed by atoms with Crippen molar-refractivity contribution in [3.63, 3.8) is 0 Å². The van der Waals surface area contributed by atoms with Crippen LogP contribution in [0.4, 0.5) is 0 Å². The molecule has 0 amide bonds. The summed E-state index contributed by atoms with van der Waals surface area (Å²) in [4.78, 5) is 38.3. The molecule has 0 aromatic heterocycles. The summed E-state index contributed by atoms with van der Waals surface area (Å²) < 4.78 is 16.9. The van der Waals surface area contributed by atoms with E-state index in [-0.39, 0.29) is 31.1 Å². The molecule has 0 radical (unpaired) electrons. The molecule has 0 rings (SSSR count). The van der Waals surface area contributed by atoms with Crippen molar-refractivity contribution in [3.05, 3.63) is 36.5 Å². The minimum atomic E-state index is -0.774. The molecule has 6 heteroatoms. The van der Waals surface area contributed by atoms with Gasteiger partial charge in [-0.05, 0) is 77.0 Å². The number of ether oxygens (including phenoxy) is 3. The Morgan fingerprint density at radius 3 is 0.757 bits per heavy atom. The molecule has 0 bridgehead atoms. The molecule has 0 aliphatic rings. The number of carbonyl (C=O) groups excluding carboxylic acids is 3. The molecule has 0 aromatic rings. The van der Waals surface area contributed by atoms with Crippen LogP contribution < -0.4 is 0 Å². The predicted octanol–water partition coefficient (Wildman–Crippen LogP) is 22.4. The zero-order chi connectivity index (χ0) is 53.6. The van der Waals surface area contributed by atoms with Crippen molar-refractivity contribution in [2.24, 2.45) is 0 Å². The molecular weight excluding hydrogens is 913 g/mol. The largest absolute Gasteiger partial charge is 0.462 e. The number of carbonyl (C=O) groups is 3. The van der Waals surface area contributed by atoms with E-state index in [1.54, 1.807) is 0 Å². The summed E-state index contributed by atoms with van der Waals surface area (Å²) in [5, 5.41) is 0. The smallest absolute Gasteiger partial charge is 0.306 e. The number of hydrogen-bond acceptors (Lipinski definition) is 6. The van der Waals surface area contributed by atoms with Crippen LogP contribution in [0.3, 0.4) is 0 Å². The molecule has 0 saturated carbocycles. The topological polar surface area (TPSA) is 78.9 Å². The van der Waals surface area contributed by atoms with Gasteiger partial charge in [0.1, 0.15) is 13.2 Å². The highest BCUT2D eigenvalue weighted by atomic mass is 16.6. The molecule has 0 fully saturated rings. The maximum atomic E-state index is 12.9. The first-order chi connectivity index (χ1) is 36.5. The van der Waals surface area contributed by atoms with Gasteiger partial charge in [0.25, 0.3) is 0 Å². The van der Waals surface area contributed by atoms with Gasteiger partial charge in [-0.15, -0.1) is 0 Å². The van der Waals surface area contributed by atoms with E-state index < -0.39 is 6.10 Å². The van der Waals surface area contributed by atoms with Crippen LogP contribution in [0.2, 0.25) is 0 Å². The lowest BCUT2D eigenvalue weighted by Crippen LogP contribution is -2.30. The molecule has 1 atom stereocenters. The van der Waals surface area contributed by atoms with E-state index in [0.29, 0.717) is 19.3 Å². The number of esters is 3. The normalized spacial score (nSPS) is 12.2. The highest BCUT2D eigenvalue weighted by molar-refractivity contribution is 5.71. The van der Waals surface area contributed by atoms with Crippen molar-refractivity contribution in [1.29, 1.82) is 0 Å². The van der Waals surface area contributed by atoms with Gasteiger partial charge in [0, 0.05) is 19.3 Å². The lowest BCUT2D eigenvalue weighted by Gasteiger charge is -2.18. The number of unbranched alkanes of at least 4 members (excludes halogenated alkanes) is 44. The summed E-state index contributed by atoms with van der Waals surface area (Å²) >= 11 is 0. The van der Waals surface area contributed by atoms with E-state index in [1.165, 1.54) is 250 Å². The molecule has 0 heterocycles. The van der Waals surface area contributed by atoms with Gasteiger partial charge in [0.15, 0.2) is 6.10 Å². The van der Waals surface area contributed by atoms with E-state index in [1.807, 2.05) is 0 Å². The molecule has 0 aliphatic heterocycles. The third kappa shape index (κ3) is 60.5. The van der Waals surface area contributed by atoms with Crippen molar-refractivity contribution in [1.82, 2.24) is 0 Å². The van der Waals surface area contributed by atoms with Crippen LogP contribution in [-0.4, -0.2) is 37.2 Å². The SMILES string of the molecule is CCCCCCC/C=C\C/C=C\CCCCCCCCCCCCCCCC(=O)OCC(COC(=O)CCCCCCCCCCCCCCCCC)OC(=O)CCCCCCC/C=C\CCCCCCCCC. The highest BCUT2D eigenvalue weighted by Crippen LogP contribution is 2.17. The van der Waals surface area contributed by atoms with Crippen LogP contribution in [0.25, 0.3) is 0 Å². The van der Waals surface area contributed by atoms with Crippen molar-refractivity contribution in [3.8, 4) is 0 Å². The summed E-state index contributed by atoms with van der Waals surface area (Å²) in [5.41, 5.74) is 0. The van der Waals surface area contributed by atoms with E-state index in [0.717, 1.165) is 70.6 Å². The van der Waals surface area contributed by atoms with E-state index in [9.17, 15) is 14.4 Å². The van der Waals surface area contributed by atoms with Crippen LogP contribution >= 0.6 is 0 Å². The first-order valence-corrected chi connectivity index (χ1v) is 33.0. The lowest BCUT2D eigenvalue weighted by atomic mass is 10.0. The third-order valence-corrected chi connectivity index (χ3v) is 14.9. The monoisotopic (exact) mass is 1040 g/mol. The first-order valence-electron chi connectivity index (χ1n) is 33.0. The molecule has 74 heavy (non-hydrogen) atoms. The fourth-order valence-electron chi connectivity index (χ4n) is 9.88. The highest BCUT2D eigenvalue weighted by Gasteiger charge is 2.19. The van der Waals surface area contributed by atoms with E-state index >= 15 is 0 Å². The third-order valence-electron chi connectivity index (χ3n) is 14.9. The maximum Gasteiger partial charge on any atom is 0.306 e. The van der Waals surface area contributed by atoms with Crippen LogP contribution in [0.15, 0.2) is 36.5 Å². The maximum absolute atomic E-state index is 12.9. The minimum Gasteiger partial charge on any atom is -0.462 e. The number of allylic oxidation sites excluding steroid dienone is 6. The van der Waals surface area contributed by atoms with Crippen LogP contribution in [0.5, 0.6) is 0 Å². The lowest BCUT2D eigenvalue weighted by molar-refractivity contribution is -0.167. The van der Waals surface area contributed by atoms with Crippen molar-refractivity contribution in [2.75, 3.05) is 13.2 Å². The van der Waals surface area contributed by atoms with Crippen molar-refractivity contribution in [2.45, 2.75) is 367 Å². The van der Waals surface area contributed by atoms with Gasteiger partial charge in [-0.25, -0.2) is 0 Å². The number of rotatable bonds is 61. The second-order valence-electron chi connectivity index (χ2n) is 22.4. The summed E-state index contributed by atoms with van der Waals surface area (Å²) in [6.07, 6.45) is 77.2. The van der Waals surface area contributed by atoms with Gasteiger partial charge in [-0.2, -0.15) is 0 Å². The van der Waals surface area contributed by atoms with Gasteiger partial charge >= 0.3 is 17.9 Å². The second-order valence-corrected chi connectivity index (χ2v) is 22.4. The molecular formula is C68H126O6. The van der Waals surface area contributed by atoms with E-state index in [2.05, 4.69) is 57.2 Å². The van der Waals surface area contributed by atoms with Crippen molar-refractivity contribution >= 4 is 17.9 Å². The molecule has 434 valence electrons. The van der Waals surface area contributed by atoms with Crippen LogP contribution in [-0.2, 0) is 28.6 Å². The standard InChI is InChI=1S/C68H126O6/c1-4-7-10-13-16-19-22-25-28-30-31-32-33-34-35-36-37-38-41-43-46-49-52-55-58-61-67(70)73-64-65(63-72-66(69)60-57-54-51-48-45-42-39-27-24-21-18-15-12-9-6-3)74-68(71)62-59-56-53-50-47-44-40-29-26-23-20-17-14-11-8-5-2/h22,25,29-31,40,65H,4-21,23-24,26-28,32-39,41-64H2,1-3H3/b25-22-,31-30-,40-29-. The molecule has 6 nitrogen and oxygen atoms in total. The number of hydrogen-bond donors (Lipinski definition) is 0. The Bertz CT molecular complexity index is 1240. The van der Waals surface area contributed by atoms with Gasteiger partial charge in [0.05, 0.1) is 0 Å². The summed E-state index contributed by atoms with van der Waals surface area (Å²) in [6, 6.07) is 0. The molecule has 1 unspecified atom stereocenters. The Labute approximate surface area is 461 Å². The van der Waals surface area contributed by atoms with Gasteiger partial charge in [-0.3, -0.25) is 14.4 Å². The molecule has 0 aromatic carbocycles. The Kier molecular flexibility index (Phi) is 61.1. The molecule has 0 spiro atoms. The Hall–Kier alpha value is -2.37. The van der Waals surface area contributed by atoms with Gasteiger partial charge in [-0.1, -0.05) is 301 Å². The first kappa shape index (κ1) is 71.6. The summed E-state index contributed by atoms with van der Waals surface area (Å²) in [5.74, 6) is -0.855. The molecule has 0 saturated heterocycles. The van der Waals surface area contributed by atoms with Gasteiger partial charge in [0.2, 0.25) is 0 Å². The molecule has 0 N–H and O–H groups in total. The van der Waals surface area contributed by atoms with Crippen LogP contribution in [0, 0.1) is 0 Å². The average Bonchev–Trinajstić information content (AvgIpc) is 3.40. The Morgan fingerprint density at radius 1 is 0.270 bits per heavy atom. The zero-order valence-corrected chi connectivity index (χ0v) is 49.9. The molecule has 0 aliphatic carbocycles. The van der Waals surface area contributed by atoms with E-state index in [4.69, 9.17) is 14.2 Å². The Morgan fingerprint density at radius 2 is 0.486 bits per heavy atom. The average molecular weight is 1040 g/mol. The Balaban J connectivity index is 4.27. The summed E-state index contributed by atoms with van der Waals surface area (Å²) in [7, 11) is 0. The van der Waals surface area contributed by atoms with Crippen molar-refractivity contribution < 1.29 is 28.6 Å². The van der Waals surface area contributed by atoms with Crippen LogP contribution in [0.1, 0.15) is 361 Å². The summed E-state index contributed by atoms with van der Waals surface area (Å²) in [6.45, 7) is 6.68. The fraction of sp³-hybridized carbons (Fsp3) is 0.868. The minimum absolute atomic E-state index is 0.0707. The fourth-order valence-corrected chi connectivity index (χ4v) is 9.88. The second kappa shape index (κ2) is 63.2. The quantitative estimate of drug-likeness (QED) is 0.0261.